The van der Waals surface area contributed by atoms with Crippen LogP contribution in [-0.2, 0) is 6.42 Å². The molecule has 2 aliphatic heterocycles. The van der Waals surface area contributed by atoms with Gasteiger partial charge in [0.25, 0.3) is 5.91 Å². The smallest absolute Gasteiger partial charge is 0.251 e. The highest BCUT2D eigenvalue weighted by Crippen LogP contribution is 2.23. The molecule has 7 heteroatoms. The van der Waals surface area contributed by atoms with E-state index in [1.165, 1.54) is 5.56 Å². The lowest BCUT2D eigenvalue weighted by Crippen LogP contribution is -2.37. The van der Waals surface area contributed by atoms with Crippen molar-refractivity contribution in [2.75, 3.05) is 32.7 Å². The first-order valence-electron chi connectivity index (χ1n) is 11.0. The summed E-state index contributed by atoms with van der Waals surface area (Å²) in [6.07, 6.45) is 4.41. The van der Waals surface area contributed by atoms with Crippen molar-refractivity contribution in [3.05, 3.63) is 63.6 Å². The van der Waals surface area contributed by atoms with Crippen LogP contribution in [0, 0.1) is 0 Å². The van der Waals surface area contributed by atoms with E-state index in [1.54, 1.807) is 18.2 Å². The Kier molecular flexibility index (Phi) is 7.72. The molecule has 31 heavy (non-hydrogen) atoms. The summed E-state index contributed by atoms with van der Waals surface area (Å²) >= 11 is 12.0. The molecule has 2 aliphatic rings. The number of carbonyl (C=O) groups excluding carboxylic acids is 1. The van der Waals surface area contributed by atoms with Gasteiger partial charge in [0.2, 0.25) is 0 Å². The lowest BCUT2D eigenvalue weighted by molar-refractivity contribution is 0.0938. The van der Waals surface area contributed by atoms with E-state index in [0.29, 0.717) is 21.7 Å². The summed E-state index contributed by atoms with van der Waals surface area (Å²) in [4.78, 5) is 14.9. The minimum absolute atomic E-state index is 0.102. The summed E-state index contributed by atoms with van der Waals surface area (Å²) in [5.74, 6) is 0.858. The second-order valence-corrected chi connectivity index (χ2v) is 9.16. The average Bonchev–Trinajstić information content (AvgIpc) is 3.23. The largest absolute Gasteiger partial charge is 0.490 e. The minimum Gasteiger partial charge on any atom is -0.490 e. The Morgan fingerprint density at radius 1 is 1.06 bits per heavy atom. The van der Waals surface area contributed by atoms with Crippen LogP contribution in [0.4, 0.5) is 0 Å². The van der Waals surface area contributed by atoms with Gasteiger partial charge in [-0.25, -0.2) is 0 Å². The molecule has 0 radical (unpaired) electrons. The third kappa shape index (κ3) is 6.36. The fourth-order valence-corrected chi connectivity index (χ4v) is 4.49. The maximum absolute atomic E-state index is 12.5. The van der Waals surface area contributed by atoms with Crippen molar-refractivity contribution < 1.29 is 9.53 Å². The Morgan fingerprint density at radius 3 is 2.58 bits per heavy atom. The number of halogens is 2. The molecule has 0 saturated carbocycles. The van der Waals surface area contributed by atoms with Crippen LogP contribution >= 0.6 is 23.2 Å². The van der Waals surface area contributed by atoms with Gasteiger partial charge in [-0.2, -0.15) is 0 Å². The first kappa shape index (κ1) is 22.4. The van der Waals surface area contributed by atoms with Crippen LogP contribution in [0.5, 0.6) is 5.75 Å². The molecule has 2 aromatic carbocycles. The SMILES string of the molecule is O=C(N[C@H]1CCN(CCc2ccc(OC3CCNCC3)cc2)C1)c1ccc(Cl)c(Cl)c1. The van der Waals surface area contributed by atoms with Crippen LogP contribution < -0.4 is 15.4 Å². The number of benzene rings is 2. The summed E-state index contributed by atoms with van der Waals surface area (Å²) in [6, 6.07) is 13.6. The fourth-order valence-electron chi connectivity index (χ4n) is 4.19. The molecule has 0 spiro atoms. The van der Waals surface area contributed by atoms with Gasteiger partial charge in [0.15, 0.2) is 0 Å². The zero-order valence-electron chi connectivity index (χ0n) is 17.6. The maximum Gasteiger partial charge on any atom is 0.251 e. The normalized spacial score (nSPS) is 20.0. The minimum atomic E-state index is -0.102. The van der Waals surface area contributed by atoms with Crippen molar-refractivity contribution in [2.24, 2.45) is 0 Å². The second kappa shape index (κ2) is 10.7. The Bertz CT molecular complexity index is 885. The Hall–Kier alpha value is -1.79. The predicted octanol–water partition coefficient (Wildman–Crippen LogP) is 4.17. The van der Waals surface area contributed by atoms with Gasteiger partial charge in [-0.1, -0.05) is 35.3 Å². The Labute approximate surface area is 194 Å². The molecule has 2 N–H and O–H groups in total. The third-order valence-corrected chi connectivity index (χ3v) is 6.76. The number of ether oxygens (including phenoxy) is 1. The standard InChI is InChI=1S/C24H29Cl2N3O2/c25-22-6-3-18(15-23(22)26)24(30)28-19-10-14-29(16-19)13-9-17-1-4-20(5-2-17)31-21-7-11-27-12-8-21/h1-6,15,19,21,27H,7-14,16H2,(H,28,30)/t19-/m0/s1. The van der Waals surface area contributed by atoms with Crippen LogP contribution in [0.3, 0.4) is 0 Å². The molecular formula is C24H29Cl2N3O2. The number of nitrogens with zero attached hydrogens (tertiary/aromatic N) is 1. The van der Waals surface area contributed by atoms with Gasteiger partial charge in [0.05, 0.1) is 10.0 Å². The van der Waals surface area contributed by atoms with Gasteiger partial charge < -0.3 is 20.3 Å². The number of hydrogen-bond donors (Lipinski definition) is 2. The average molecular weight is 462 g/mol. The van der Waals surface area contributed by atoms with E-state index in [2.05, 4.69) is 39.8 Å². The van der Waals surface area contributed by atoms with E-state index in [0.717, 1.165) is 64.2 Å². The van der Waals surface area contributed by atoms with E-state index in [-0.39, 0.29) is 11.9 Å². The highest BCUT2D eigenvalue weighted by Gasteiger charge is 2.24. The molecule has 166 valence electrons. The van der Waals surface area contributed by atoms with Crippen LogP contribution in [-0.4, -0.2) is 55.7 Å². The fraction of sp³-hybridized carbons (Fsp3) is 0.458. The van der Waals surface area contributed by atoms with Gasteiger partial charge in [-0.15, -0.1) is 0 Å². The lowest BCUT2D eigenvalue weighted by atomic mass is 10.1. The molecule has 1 amide bonds. The first-order valence-corrected chi connectivity index (χ1v) is 11.8. The zero-order chi connectivity index (χ0) is 21.6. The summed E-state index contributed by atoms with van der Waals surface area (Å²) in [7, 11) is 0. The Balaban J connectivity index is 1.20. The summed E-state index contributed by atoms with van der Waals surface area (Å²) in [6.45, 7) is 4.90. The van der Waals surface area contributed by atoms with Crippen molar-refractivity contribution in [1.82, 2.24) is 15.5 Å². The molecule has 0 aromatic heterocycles. The van der Waals surface area contributed by atoms with Crippen LogP contribution in [0.2, 0.25) is 10.0 Å². The number of likely N-dealkylation sites (tertiary alicyclic amines) is 1. The highest BCUT2D eigenvalue weighted by molar-refractivity contribution is 6.42. The molecule has 0 aliphatic carbocycles. The molecule has 0 unspecified atom stereocenters. The number of hydrogen-bond acceptors (Lipinski definition) is 4. The third-order valence-electron chi connectivity index (χ3n) is 6.02. The van der Waals surface area contributed by atoms with Crippen molar-refractivity contribution in [1.29, 1.82) is 0 Å². The number of rotatable bonds is 7. The van der Waals surface area contributed by atoms with Gasteiger partial charge in [0.1, 0.15) is 11.9 Å². The topological polar surface area (TPSA) is 53.6 Å². The van der Waals surface area contributed by atoms with Crippen LogP contribution in [0.15, 0.2) is 42.5 Å². The zero-order valence-corrected chi connectivity index (χ0v) is 19.1. The summed E-state index contributed by atoms with van der Waals surface area (Å²) < 4.78 is 6.08. The molecule has 2 fully saturated rings. The quantitative estimate of drug-likeness (QED) is 0.649. The van der Waals surface area contributed by atoms with Crippen molar-refractivity contribution >= 4 is 29.1 Å². The number of carbonyl (C=O) groups is 1. The van der Waals surface area contributed by atoms with Crippen molar-refractivity contribution in [3.8, 4) is 5.75 Å². The molecule has 1 atom stereocenters. The van der Waals surface area contributed by atoms with Gasteiger partial charge in [0, 0.05) is 31.2 Å². The molecule has 2 heterocycles. The summed E-state index contributed by atoms with van der Waals surface area (Å²) in [5.41, 5.74) is 1.85. The predicted molar refractivity (Wildman–Crippen MR) is 125 cm³/mol. The summed E-state index contributed by atoms with van der Waals surface area (Å²) in [5, 5.41) is 7.33. The highest BCUT2D eigenvalue weighted by atomic mass is 35.5. The molecule has 2 saturated heterocycles. The van der Waals surface area contributed by atoms with Crippen LogP contribution in [0.25, 0.3) is 0 Å². The van der Waals surface area contributed by atoms with E-state index in [4.69, 9.17) is 27.9 Å². The van der Waals surface area contributed by atoms with Crippen molar-refractivity contribution in [2.45, 2.75) is 37.8 Å². The molecule has 2 aromatic rings. The number of amides is 1. The van der Waals surface area contributed by atoms with E-state index in [9.17, 15) is 4.79 Å². The maximum atomic E-state index is 12.5. The van der Waals surface area contributed by atoms with Crippen LogP contribution in [0.1, 0.15) is 35.2 Å². The van der Waals surface area contributed by atoms with E-state index < -0.39 is 0 Å². The first-order chi connectivity index (χ1) is 15.1. The van der Waals surface area contributed by atoms with Crippen molar-refractivity contribution in [3.63, 3.8) is 0 Å². The molecule has 0 bridgehead atoms. The molecule has 5 nitrogen and oxygen atoms in total. The molecule has 4 rings (SSSR count). The number of piperidine rings is 1. The monoisotopic (exact) mass is 461 g/mol. The van der Waals surface area contributed by atoms with Gasteiger partial charge in [-0.05, 0) is 74.7 Å². The van der Waals surface area contributed by atoms with Gasteiger partial charge >= 0.3 is 0 Å². The van der Waals surface area contributed by atoms with E-state index in [1.807, 2.05) is 0 Å². The second-order valence-electron chi connectivity index (χ2n) is 8.35. The molecular weight excluding hydrogens is 433 g/mol. The number of nitrogens with one attached hydrogen (secondary N) is 2. The van der Waals surface area contributed by atoms with E-state index >= 15 is 0 Å². The van der Waals surface area contributed by atoms with Gasteiger partial charge in [-0.3, -0.25) is 4.79 Å². The lowest BCUT2D eigenvalue weighted by Gasteiger charge is -2.24. The Morgan fingerprint density at radius 2 is 1.84 bits per heavy atom.